The van der Waals surface area contributed by atoms with Gasteiger partial charge in [0.2, 0.25) is 0 Å². The largest absolute Gasteiger partial charge is 0.384 e. The number of nitrogens with two attached hydrogens (primary N) is 1. The molecule has 1 amide bonds. The van der Waals surface area contributed by atoms with E-state index in [-0.39, 0.29) is 17.8 Å². The molecule has 2 aromatic carbocycles. The van der Waals surface area contributed by atoms with Crippen molar-refractivity contribution >= 4 is 57.1 Å². The lowest BCUT2D eigenvalue weighted by Gasteiger charge is -2.15. The highest BCUT2D eigenvalue weighted by Gasteiger charge is 2.26. The number of amides is 1. The molecule has 2 aromatic heterocycles. The highest BCUT2D eigenvalue weighted by atomic mass is 35.5. The average molecular weight is 484 g/mol. The minimum atomic E-state index is -0.266. The number of nitrogens with one attached hydrogen (secondary N) is 1. The molecule has 8 heteroatoms. The van der Waals surface area contributed by atoms with E-state index in [4.69, 9.17) is 38.9 Å². The molecule has 2 heterocycles. The molecule has 0 aliphatic heterocycles. The number of nitrogen functional groups attached to an aromatic ring is 1. The van der Waals surface area contributed by atoms with Gasteiger partial charge in [-0.1, -0.05) is 62.0 Å². The standard InChI is InChI=1S/C25H27Cl2N5O/c1-14(2)7-6-8-15(3)29-25(33)21-22-24(31-20-10-5-4-9-19(20)30-22)32(23(21)28)16-11-12-17(26)18(27)13-16/h4-5,9-15H,6-8,28H2,1-3H3,(H,29,33)/t15-/m0/s1. The minimum absolute atomic E-state index is 0.00689. The maximum absolute atomic E-state index is 13.4. The van der Waals surface area contributed by atoms with Crippen LogP contribution in [0.5, 0.6) is 0 Å². The number of carbonyl (C=O) groups is 1. The second-order valence-electron chi connectivity index (χ2n) is 8.78. The Morgan fingerprint density at radius 2 is 1.73 bits per heavy atom. The van der Waals surface area contributed by atoms with Crippen LogP contribution in [-0.2, 0) is 0 Å². The van der Waals surface area contributed by atoms with Gasteiger partial charge in [0.15, 0.2) is 5.65 Å². The molecule has 0 fully saturated rings. The molecule has 0 aliphatic rings. The summed E-state index contributed by atoms with van der Waals surface area (Å²) < 4.78 is 1.70. The number of benzene rings is 2. The van der Waals surface area contributed by atoms with Crippen LogP contribution >= 0.6 is 23.2 Å². The Labute approximate surface area is 203 Å². The molecule has 4 aromatic rings. The molecule has 0 unspecified atom stereocenters. The zero-order valence-electron chi connectivity index (χ0n) is 18.9. The van der Waals surface area contributed by atoms with E-state index in [1.54, 1.807) is 22.8 Å². The first-order valence-electron chi connectivity index (χ1n) is 11.1. The number of hydrogen-bond acceptors (Lipinski definition) is 4. The zero-order chi connectivity index (χ0) is 23.7. The van der Waals surface area contributed by atoms with Crippen LogP contribution in [-0.4, -0.2) is 26.5 Å². The van der Waals surface area contributed by atoms with Gasteiger partial charge < -0.3 is 11.1 Å². The second-order valence-corrected chi connectivity index (χ2v) is 9.59. The molecule has 0 saturated heterocycles. The van der Waals surface area contributed by atoms with Gasteiger partial charge in [-0.05, 0) is 49.6 Å². The van der Waals surface area contributed by atoms with Gasteiger partial charge in [0.1, 0.15) is 16.9 Å². The summed E-state index contributed by atoms with van der Waals surface area (Å²) in [5.41, 5.74) is 9.86. The molecule has 3 N–H and O–H groups in total. The van der Waals surface area contributed by atoms with Crippen molar-refractivity contribution in [3.63, 3.8) is 0 Å². The van der Waals surface area contributed by atoms with E-state index in [0.29, 0.717) is 49.4 Å². The Hall–Kier alpha value is -2.83. The van der Waals surface area contributed by atoms with Gasteiger partial charge in [-0.25, -0.2) is 9.97 Å². The Kier molecular flexibility index (Phi) is 6.77. The molecule has 33 heavy (non-hydrogen) atoms. The van der Waals surface area contributed by atoms with Crippen molar-refractivity contribution in [3.05, 3.63) is 58.1 Å². The fourth-order valence-electron chi connectivity index (χ4n) is 3.97. The van der Waals surface area contributed by atoms with Crippen LogP contribution in [0.4, 0.5) is 5.82 Å². The molecule has 0 spiro atoms. The van der Waals surface area contributed by atoms with Crippen LogP contribution in [0, 0.1) is 5.92 Å². The number of aromatic nitrogens is 3. The van der Waals surface area contributed by atoms with Crippen LogP contribution < -0.4 is 11.1 Å². The fraction of sp³-hybridized carbons (Fsp3) is 0.320. The summed E-state index contributed by atoms with van der Waals surface area (Å²) in [4.78, 5) is 22.9. The van der Waals surface area contributed by atoms with E-state index in [1.165, 1.54) is 0 Å². The van der Waals surface area contributed by atoms with E-state index in [0.717, 1.165) is 19.3 Å². The van der Waals surface area contributed by atoms with Crippen molar-refractivity contribution in [1.29, 1.82) is 0 Å². The number of rotatable bonds is 7. The SMILES string of the molecule is CC(C)CCC[C@H](C)NC(=O)c1c(N)n(-c2ccc(Cl)c(Cl)c2)c2nc3ccccc3nc12. The zero-order valence-corrected chi connectivity index (χ0v) is 20.4. The smallest absolute Gasteiger partial charge is 0.257 e. The Bertz CT molecular complexity index is 1330. The van der Waals surface area contributed by atoms with E-state index >= 15 is 0 Å². The van der Waals surface area contributed by atoms with Crippen molar-refractivity contribution in [2.75, 3.05) is 5.73 Å². The third-order valence-corrected chi connectivity index (χ3v) is 6.42. The summed E-state index contributed by atoms with van der Waals surface area (Å²) in [5, 5.41) is 3.90. The van der Waals surface area contributed by atoms with Gasteiger partial charge in [-0.3, -0.25) is 9.36 Å². The van der Waals surface area contributed by atoms with Crippen LogP contribution in [0.25, 0.3) is 27.9 Å². The third kappa shape index (κ3) is 4.77. The number of halogens is 2. The summed E-state index contributed by atoms with van der Waals surface area (Å²) in [6.07, 6.45) is 3.06. The molecule has 4 rings (SSSR count). The van der Waals surface area contributed by atoms with E-state index in [9.17, 15) is 4.79 Å². The number of para-hydroxylation sites is 2. The lowest BCUT2D eigenvalue weighted by Crippen LogP contribution is -2.33. The summed E-state index contributed by atoms with van der Waals surface area (Å²) in [7, 11) is 0. The third-order valence-electron chi connectivity index (χ3n) is 5.68. The highest BCUT2D eigenvalue weighted by Crippen LogP contribution is 2.33. The van der Waals surface area contributed by atoms with Gasteiger partial charge in [0.25, 0.3) is 5.91 Å². The van der Waals surface area contributed by atoms with Crippen LogP contribution in [0.3, 0.4) is 0 Å². The molecule has 0 radical (unpaired) electrons. The predicted octanol–water partition coefficient (Wildman–Crippen LogP) is 6.41. The molecular formula is C25H27Cl2N5O. The number of carbonyl (C=O) groups excluding carboxylic acids is 1. The lowest BCUT2D eigenvalue weighted by atomic mass is 10.0. The number of hydrogen-bond donors (Lipinski definition) is 2. The molecule has 0 bridgehead atoms. The molecule has 1 atom stereocenters. The second kappa shape index (κ2) is 9.57. The van der Waals surface area contributed by atoms with Crippen molar-refractivity contribution < 1.29 is 4.79 Å². The lowest BCUT2D eigenvalue weighted by molar-refractivity contribution is 0.0940. The normalized spacial score (nSPS) is 12.5. The van der Waals surface area contributed by atoms with Crippen molar-refractivity contribution in [2.45, 2.75) is 46.1 Å². The van der Waals surface area contributed by atoms with E-state index < -0.39 is 0 Å². The Balaban J connectivity index is 1.81. The minimum Gasteiger partial charge on any atom is -0.384 e. The van der Waals surface area contributed by atoms with Gasteiger partial charge in [-0.15, -0.1) is 0 Å². The predicted molar refractivity (Wildman–Crippen MR) is 136 cm³/mol. The first kappa shape index (κ1) is 23.3. The van der Waals surface area contributed by atoms with Crippen molar-refractivity contribution in [2.24, 2.45) is 5.92 Å². The van der Waals surface area contributed by atoms with Gasteiger partial charge in [-0.2, -0.15) is 0 Å². The van der Waals surface area contributed by atoms with E-state index in [2.05, 4.69) is 19.2 Å². The molecular weight excluding hydrogens is 457 g/mol. The first-order valence-corrected chi connectivity index (χ1v) is 11.8. The Morgan fingerprint density at radius 1 is 1.03 bits per heavy atom. The summed E-state index contributed by atoms with van der Waals surface area (Å²) >= 11 is 12.4. The van der Waals surface area contributed by atoms with Crippen LogP contribution in [0.2, 0.25) is 10.0 Å². The quantitative estimate of drug-likeness (QED) is 0.318. The van der Waals surface area contributed by atoms with Crippen LogP contribution in [0.15, 0.2) is 42.5 Å². The monoisotopic (exact) mass is 483 g/mol. The summed E-state index contributed by atoms with van der Waals surface area (Å²) in [5.74, 6) is 0.625. The maximum Gasteiger partial charge on any atom is 0.257 e. The Morgan fingerprint density at radius 3 is 2.39 bits per heavy atom. The topological polar surface area (TPSA) is 85.8 Å². The van der Waals surface area contributed by atoms with Crippen LogP contribution in [0.1, 0.15) is 50.4 Å². The summed E-state index contributed by atoms with van der Waals surface area (Å²) in [6.45, 7) is 6.41. The maximum atomic E-state index is 13.4. The summed E-state index contributed by atoms with van der Waals surface area (Å²) in [6, 6.07) is 12.7. The molecule has 6 nitrogen and oxygen atoms in total. The van der Waals surface area contributed by atoms with Gasteiger partial charge in [0.05, 0.1) is 26.8 Å². The van der Waals surface area contributed by atoms with E-state index in [1.807, 2.05) is 31.2 Å². The first-order chi connectivity index (χ1) is 15.8. The van der Waals surface area contributed by atoms with Crippen molar-refractivity contribution in [1.82, 2.24) is 19.9 Å². The van der Waals surface area contributed by atoms with Gasteiger partial charge in [0, 0.05) is 6.04 Å². The highest BCUT2D eigenvalue weighted by molar-refractivity contribution is 6.42. The number of anilines is 1. The molecule has 0 saturated carbocycles. The van der Waals surface area contributed by atoms with Gasteiger partial charge >= 0.3 is 0 Å². The molecule has 0 aliphatic carbocycles. The average Bonchev–Trinajstić information content (AvgIpc) is 3.04. The molecule has 172 valence electrons. The fourth-order valence-corrected chi connectivity index (χ4v) is 4.26. The number of nitrogens with zero attached hydrogens (tertiary/aromatic N) is 3. The van der Waals surface area contributed by atoms with Crippen molar-refractivity contribution in [3.8, 4) is 5.69 Å². The number of fused-ring (bicyclic) bond motifs is 2.